The second-order valence-corrected chi connectivity index (χ2v) is 9.41. The average molecular weight is 438 g/mol. The molecule has 0 radical (unpaired) electrons. The number of hydrogen-bond acceptors (Lipinski definition) is 4. The van der Waals surface area contributed by atoms with Crippen molar-refractivity contribution in [1.82, 2.24) is 15.0 Å². The highest BCUT2D eigenvalue weighted by atomic mass is 35.6. The standard InChI is InChI=1S/C12H7Cl6N3S/c1-22-7-5-3-2-4-6(7)8-19-9(11(13,14)15)21-10(20-8)12(16,17)18/h2-5H,1H3. The van der Waals surface area contributed by atoms with Crippen LogP contribution in [0.5, 0.6) is 0 Å². The first-order chi connectivity index (χ1) is 10.1. The third-order valence-corrected chi connectivity index (χ3v) is 4.30. The zero-order valence-electron chi connectivity index (χ0n) is 10.8. The molecule has 1 aromatic carbocycles. The molecule has 0 N–H and O–H groups in total. The van der Waals surface area contributed by atoms with Gasteiger partial charge in [-0.3, -0.25) is 0 Å². The molecule has 0 atom stereocenters. The molecule has 1 heterocycles. The maximum Gasteiger partial charge on any atom is 0.250 e. The van der Waals surface area contributed by atoms with Gasteiger partial charge in [0, 0.05) is 10.5 Å². The summed E-state index contributed by atoms with van der Waals surface area (Å²) >= 11 is 36.7. The van der Waals surface area contributed by atoms with Crippen molar-refractivity contribution >= 4 is 81.4 Å². The number of nitrogens with zero attached hydrogens (tertiary/aromatic N) is 3. The molecule has 2 aromatic rings. The third kappa shape index (κ3) is 4.44. The van der Waals surface area contributed by atoms with Crippen LogP contribution in [0.3, 0.4) is 0 Å². The molecule has 10 heteroatoms. The van der Waals surface area contributed by atoms with Crippen LogP contribution < -0.4 is 0 Å². The van der Waals surface area contributed by atoms with E-state index in [0.717, 1.165) is 10.5 Å². The summed E-state index contributed by atoms with van der Waals surface area (Å²) in [5.41, 5.74) is 0.725. The van der Waals surface area contributed by atoms with Crippen LogP contribution in [-0.2, 0) is 7.59 Å². The van der Waals surface area contributed by atoms with Crippen LogP contribution in [0, 0.1) is 0 Å². The molecule has 0 aliphatic carbocycles. The van der Waals surface area contributed by atoms with Crippen LogP contribution in [-0.4, -0.2) is 21.2 Å². The molecule has 0 aliphatic heterocycles. The van der Waals surface area contributed by atoms with Crippen molar-refractivity contribution in [2.45, 2.75) is 12.5 Å². The summed E-state index contributed by atoms with van der Waals surface area (Å²) in [6.07, 6.45) is 1.92. The lowest BCUT2D eigenvalue weighted by Crippen LogP contribution is -2.16. The van der Waals surface area contributed by atoms with Crippen molar-refractivity contribution < 1.29 is 0 Å². The lowest BCUT2D eigenvalue weighted by atomic mass is 10.2. The van der Waals surface area contributed by atoms with Gasteiger partial charge in [0.2, 0.25) is 7.59 Å². The Morgan fingerprint density at radius 3 is 1.77 bits per heavy atom. The minimum Gasteiger partial charge on any atom is -0.209 e. The highest BCUT2D eigenvalue weighted by molar-refractivity contribution is 7.98. The van der Waals surface area contributed by atoms with E-state index in [1.54, 1.807) is 0 Å². The zero-order valence-corrected chi connectivity index (χ0v) is 16.2. The van der Waals surface area contributed by atoms with Crippen LogP contribution in [0.15, 0.2) is 29.2 Å². The Balaban J connectivity index is 2.70. The largest absolute Gasteiger partial charge is 0.250 e. The average Bonchev–Trinajstić information content (AvgIpc) is 2.45. The Labute approximate surface area is 161 Å². The number of benzene rings is 1. The van der Waals surface area contributed by atoms with Gasteiger partial charge in [-0.2, -0.15) is 0 Å². The molecule has 0 bridgehead atoms. The van der Waals surface area contributed by atoms with Crippen LogP contribution in [0.4, 0.5) is 0 Å². The molecular weight excluding hydrogens is 431 g/mol. The molecule has 0 saturated heterocycles. The van der Waals surface area contributed by atoms with Gasteiger partial charge in [0.1, 0.15) is 0 Å². The molecular formula is C12H7Cl6N3S. The molecule has 0 spiro atoms. The smallest absolute Gasteiger partial charge is 0.209 e. The molecule has 0 amide bonds. The van der Waals surface area contributed by atoms with Gasteiger partial charge in [-0.05, 0) is 12.3 Å². The molecule has 1 aromatic heterocycles. The molecule has 2 rings (SSSR count). The molecule has 0 fully saturated rings. The summed E-state index contributed by atoms with van der Waals surface area (Å²) in [5, 5.41) is 0. The maximum absolute atomic E-state index is 5.86. The minimum atomic E-state index is -1.86. The SMILES string of the molecule is CSc1ccccc1-c1nc(C(Cl)(Cl)Cl)nc(C(Cl)(Cl)Cl)n1. The summed E-state index contributed by atoms with van der Waals surface area (Å²) in [4.78, 5) is 13.2. The quantitative estimate of drug-likeness (QED) is 0.432. The predicted octanol–water partition coefficient (Wildman–Crippen LogP) is 5.91. The van der Waals surface area contributed by atoms with E-state index in [2.05, 4.69) is 15.0 Å². The summed E-state index contributed by atoms with van der Waals surface area (Å²) in [5.74, 6) is 0.0436. The summed E-state index contributed by atoms with van der Waals surface area (Å²) < 4.78 is -3.73. The van der Waals surface area contributed by atoms with Crippen LogP contribution >= 0.6 is 81.4 Å². The minimum absolute atomic E-state index is 0.111. The number of rotatable bonds is 2. The summed E-state index contributed by atoms with van der Waals surface area (Å²) in [6.45, 7) is 0. The summed E-state index contributed by atoms with van der Waals surface area (Å²) in [7, 11) is 0. The Hall–Kier alpha value is 0.320. The van der Waals surface area contributed by atoms with E-state index >= 15 is 0 Å². The molecule has 0 aliphatic rings. The Morgan fingerprint density at radius 1 is 0.818 bits per heavy atom. The van der Waals surface area contributed by atoms with Crippen molar-refractivity contribution in [1.29, 1.82) is 0 Å². The first-order valence-electron chi connectivity index (χ1n) is 5.67. The van der Waals surface area contributed by atoms with Crippen LogP contribution in [0.25, 0.3) is 11.4 Å². The highest BCUT2D eigenvalue weighted by Crippen LogP contribution is 2.41. The van der Waals surface area contributed by atoms with Crippen molar-refractivity contribution in [3.8, 4) is 11.4 Å². The van der Waals surface area contributed by atoms with E-state index in [1.165, 1.54) is 11.8 Å². The lowest BCUT2D eigenvalue weighted by Gasteiger charge is -2.16. The van der Waals surface area contributed by atoms with Gasteiger partial charge in [-0.1, -0.05) is 87.8 Å². The first kappa shape index (κ1) is 18.7. The van der Waals surface area contributed by atoms with E-state index in [-0.39, 0.29) is 17.5 Å². The zero-order chi connectivity index (χ0) is 16.5. The first-order valence-corrected chi connectivity index (χ1v) is 9.16. The highest BCUT2D eigenvalue weighted by Gasteiger charge is 2.34. The normalized spacial score (nSPS) is 12.5. The number of thioether (sulfide) groups is 1. The lowest BCUT2D eigenvalue weighted by molar-refractivity contribution is 0.849. The molecule has 0 unspecified atom stereocenters. The summed E-state index contributed by atoms with van der Waals surface area (Å²) in [6, 6.07) is 7.46. The fourth-order valence-electron chi connectivity index (χ4n) is 1.58. The van der Waals surface area contributed by atoms with E-state index in [1.807, 2.05) is 30.5 Å². The van der Waals surface area contributed by atoms with E-state index in [4.69, 9.17) is 69.6 Å². The van der Waals surface area contributed by atoms with Gasteiger partial charge in [0.25, 0.3) is 0 Å². The Bertz CT molecular complexity index is 651. The monoisotopic (exact) mass is 435 g/mol. The van der Waals surface area contributed by atoms with Crippen molar-refractivity contribution in [2.24, 2.45) is 0 Å². The van der Waals surface area contributed by atoms with Crippen LogP contribution in [0.2, 0.25) is 0 Å². The predicted molar refractivity (Wildman–Crippen MR) is 95.5 cm³/mol. The number of aromatic nitrogens is 3. The second kappa shape index (κ2) is 7.06. The van der Waals surface area contributed by atoms with Gasteiger partial charge < -0.3 is 0 Å². The van der Waals surface area contributed by atoms with Gasteiger partial charge >= 0.3 is 0 Å². The van der Waals surface area contributed by atoms with E-state index in [9.17, 15) is 0 Å². The fourth-order valence-corrected chi connectivity index (χ4v) is 2.68. The Kier molecular flexibility index (Phi) is 5.98. The number of hydrogen-bond donors (Lipinski definition) is 0. The van der Waals surface area contributed by atoms with Crippen molar-refractivity contribution in [3.63, 3.8) is 0 Å². The van der Waals surface area contributed by atoms with Gasteiger partial charge in [-0.15, -0.1) is 11.8 Å². The van der Waals surface area contributed by atoms with Gasteiger partial charge in [-0.25, -0.2) is 15.0 Å². The van der Waals surface area contributed by atoms with E-state index < -0.39 is 7.59 Å². The van der Waals surface area contributed by atoms with Crippen molar-refractivity contribution in [3.05, 3.63) is 35.9 Å². The number of halogens is 6. The molecule has 22 heavy (non-hydrogen) atoms. The van der Waals surface area contributed by atoms with Gasteiger partial charge in [0.15, 0.2) is 17.5 Å². The topological polar surface area (TPSA) is 38.7 Å². The maximum atomic E-state index is 5.86. The van der Waals surface area contributed by atoms with Crippen LogP contribution in [0.1, 0.15) is 11.6 Å². The fraction of sp³-hybridized carbons (Fsp3) is 0.250. The second-order valence-electron chi connectivity index (χ2n) is 4.00. The number of alkyl halides is 6. The van der Waals surface area contributed by atoms with E-state index in [0.29, 0.717) is 0 Å². The third-order valence-electron chi connectivity index (χ3n) is 2.49. The van der Waals surface area contributed by atoms with Crippen molar-refractivity contribution in [2.75, 3.05) is 6.26 Å². The molecule has 3 nitrogen and oxygen atoms in total. The molecule has 118 valence electrons. The molecule has 0 saturated carbocycles. The Morgan fingerprint density at radius 2 is 1.32 bits per heavy atom. The van der Waals surface area contributed by atoms with Gasteiger partial charge in [0.05, 0.1) is 0 Å².